The van der Waals surface area contributed by atoms with Crippen molar-refractivity contribution in [3.63, 3.8) is 0 Å². The molecule has 2 rings (SSSR count). The molecule has 0 radical (unpaired) electrons. The Kier molecular flexibility index (Phi) is 5.03. The molecular weight excluding hydrogens is 280 g/mol. The molecule has 0 aliphatic rings. The SMILES string of the molecule is NC(=O)C[C@H](N)C(=O)O.O=c1c(=O)c2ccccc2c1=O. The first-order valence-electron chi connectivity index (χ1n) is 5.74. The highest BCUT2D eigenvalue weighted by Crippen LogP contribution is 2.01. The molecule has 2 aromatic rings. The van der Waals surface area contributed by atoms with Gasteiger partial charge in [0.2, 0.25) is 16.8 Å². The highest BCUT2D eigenvalue weighted by molar-refractivity contribution is 5.83. The van der Waals surface area contributed by atoms with Crippen LogP contribution in [0.15, 0.2) is 38.6 Å². The molecule has 0 aliphatic heterocycles. The molecular formula is C13H12N2O6. The van der Waals surface area contributed by atoms with Crippen molar-refractivity contribution in [2.45, 2.75) is 12.5 Å². The zero-order valence-electron chi connectivity index (χ0n) is 10.7. The predicted octanol–water partition coefficient (Wildman–Crippen LogP) is -1.93. The molecule has 2 aromatic carbocycles. The van der Waals surface area contributed by atoms with Gasteiger partial charge in [0.05, 0.1) is 6.42 Å². The van der Waals surface area contributed by atoms with Gasteiger partial charge < -0.3 is 16.6 Å². The highest BCUT2D eigenvalue weighted by atomic mass is 16.4. The summed E-state index contributed by atoms with van der Waals surface area (Å²) in [5.74, 6) is -1.92. The van der Waals surface area contributed by atoms with Crippen molar-refractivity contribution in [3.8, 4) is 0 Å². The topological polar surface area (TPSA) is 158 Å². The van der Waals surface area contributed by atoms with Gasteiger partial charge in [0, 0.05) is 10.8 Å². The molecule has 0 spiro atoms. The second-order valence-corrected chi connectivity index (χ2v) is 4.15. The fourth-order valence-corrected chi connectivity index (χ4v) is 1.53. The molecule has 1 atom stereocenters. The monoisotopic (exact) mass is 292 g/mol. The number of rotatable bonds is 3. The minimum atomic E-state index is -1.21. The zero-order valence-corrected chi connectivity index (χ0v) is 10.7. The Morgan fingerprint density at radius 2 is 1.43 bits per heavy atom. The summed E-state index contributed by atoms with van der Waals surface area (Å²) in [6, 6.07) is 5.06. The van der Waals surface area contributed by atoms with Crippen LogP contribution in [-0.4, -0.2) is 23.0 Å². The summed E-state index contributed by atoms with van der Waals surface area (Å²) in [6.07, 6.45) is -0.310. The average molecular weight is 292 g/mol. The molecule has 110 valence electrons. The van der Waals surface area contributed by atoms with Crippen molar-refractivity contribution in [1.82, 2.24) is 0 Å². The maximum atomic E-state index is 11.0. The number of hydrogen-bond donors (Lipinski definition) is 3. The Balaban J connectivity index is 0.000000222. The lowest BCUT2D eigenvalue weighted by Crippen LogP contribution is -2.34. The largest absolute Gasteiger partial charge is 0.480 e. The first-order chi connectivity index (χ1) is 9.75. The third-order valence-corrected chi connectivity index (χ3v) is 2.57. The van der Waals surface area contributed by atoms with Gasteiger partial charge in [0.1, 0.15) is 6.04 Å². The lowest BCUT2D eigenvalue weighted by atomic mass is 10.2. The molecule has 0 aliphatic carbocycles. The summed E-state index contributed by atoms with van der Waals surface area (Å²) >= 11 is 0. The van der Waals surface area contributed by atoms with Crippen LogP contribution in [0.25, 0.3) is 10.8 Å². The Labute approximate surface area is 117 Å². The van der Waals surface area contributed by atoms with Crippen LogP contribution in [0.3, 0.4) is 0 Å². The molecule has 8 nitrogen and oxygen atoms in total. The van der Waals surface area contributed by atoms with Gasteiger partial charge in [-0.2, -0.15) is 0 Å². The molecule has 0 unspecified atom stereocenters. The number of carboxylic acids is 1. The van der Waals surface area contributed by atoms with Crippen molar-refractivity contribution in [3.05, 3.63) is 54.9 Å². The summed E-state index contributed by atoms with van der Waals surface area (Å²) in [4.78, 5) is 52.8. The van der Waals surface area contributed by atoms with Crippen molar-refractivity contribution < 1.29 is 14.7 Å². The van der Waals surface area contributed by atoms with E-state index in [1.54, 1.807) is 12.1 Å². The Morgan fingerprint density at radius 1 is 1.00 bits per heavy atom. The third-order valence-electron chi connectivity index (χ3n) is 2.57. The number of amides is 1. The molecule has 0 bridgehead atoms. The van der Waals surface area contributed by atoms with Crippen LogP contribution >= 0.6 is 0 Å². The van der Waals surface area contributed by atoms with Gasteiger partial charge in [-0.3, -0.25) is 24.0 Å². The standard InChI is InChI=1S/C9H4O3.C4H8N2O3/c10-7-5-3-1-2-4-6(5)8(11)9(7)12;5-2(4(8)9)1-3(6)7/h1-4H;2H,1,5H2,(H2,6,7)(H,8,9)/t;2-/m.0/s1. The number of primary amides is 1. The quantitative estimate of drug-likeness (QED) is 0.555. The lowest BCUT2D eigenvalue weighted by Gasteiger charge is -1.99. The molecule has 0 saturated carbocycles. The molecule has 8 heteroatoms. The van der Waals surface area contributed by atoms with Crippen LogP contribution in [0.1, 0.15) is 6.42 Å². The van der Waals surface area contributed by atoms with E-state index in [-0.39, 0.29) is 17.2 Å². The minimum Gasteiger partial charge on any atom is -0.480 e. The number of carbonyl (C=O) groups is 2. The van der Waals surface area contributed by atoms with Crippen molar-refractivity contribution in [2.75, 3.05) is 0 Å². The van der Waals surface area contributed by atoms with Crippen LogP contribution in [0.4, 0.5) is 0 Å². The van der Waals surface area contributed by atoms with Crippen LogP contribution in [0, 0.1) is 0 Å². The summed E-state index contributed by atoms with van der Waals surface area (Å²) in [7, 11) is 0. The fourth-order valence-electron chi connectivity index (χ4n) is 1.53. The van der Waals surface area contributed by atoms with E-state index in [2.05, 4.69) is 5.73 Å². The molecule has 5 N–H and O–H groups in total. The summed E-state index contributed by atoms with van der Waals surface area (Å²) in [5, 5.41) is 8.56. The van der Waals surface area contributed by atoms with E-state index in [4.69, 9.17) is 10.8 Å². The Morgan fingerprint density at radius 3 is 1.71 bits per heavy atom. The van der Waals surface area contributed by atoms with Gasteiger partial charge in [0.25, 0.3) is 5.43 Å². The van der Waals surface area contributed by atoms with Crippen LogP contribution in [0.5, 0.6) is 0 Å². The highest BCUT2D eigenvalue weighted by Gasteiger charge is 2.13. The molecule has 0 aromatic heterocycles. The molecule has 0 saturated heterocycles. The molecule has 0 heterocycles. The average Bonchev–Trinajstić information content (AvgIpc) is 2.64. The number of nitrogens with two attached hydrogens (primary N) is 2. The zero-order chi connectivity index (χ0) is 16.2. The van der Waals surface area contributed by atoms with E-state index in [1.807, 2.05) is 0 Å². The molecule has 21 heavy (non-hydrogen) atoms. The van der Waals surface area contributed by atoms with Gasteiger partial charge in [-0.1, -0.05) is 24.3 Å². The normalized spacial score (nSPS) is 11.5. The van der Waals surface area contributed by atoms with E-state index in [0.29, 0.717) is 0 Å². The Bertz CT molecular complexity index is 769. The van der Waals surface area contributed by atoms with E-state index < -0.39 is 34.2 Å². The molecule has 1 amide bonds. The number of hydrogen-bond acceptors (Lipinski definition) is 6. The van der Waals surface area contributed by atoms with E-state index >= 15 is 0 Å². The van der Waals surface area contributed by atoms with Crippen LogP contribution in [0.2, 0.25) is 0 Å². The van der Waals surface area contributed by atoms with Crippen LogP contribution in [-0.2, 0) is 9.59 Å². The van der Waals surface area contributed by atoms with Gasteiger partial charge in [-0.15, -0.1) is 0 Å². The van der Waals surface area contributed by atoms with Gasteiger partial charge in [-0.25, -0.2) is 0 Å². The van der Waals surface area contributed by atoms with Gasteiger partial charge in [-0.05, 0) is 0 Å². The summed E-state index contributed by atoms with van der Waals surface area (Å²) in [5.41, 5.74) is 7.28. The van der Waals surface area contributed by atoms with Gasteiger partial charge >= 0.3 is 5.97 Å². The van der Waals surface area contributed by atoms with E-state index in [0.717, 1.165) is 0 Å². The smallest absolute Gasteiger partial charge is 0.321 e. The lowest BCUT2D eigenvalue weighted by molar-refractivity contribution is -0.140. The second kappa shape index (κ2) is 6.53. The number of benzene rings is 1. The number of fused-ring (bicyclic) bond motifs is 1. The Hall–Kier alpha value is -2.87. The maximum Gasteiger partial charge on any atom is 0.321 e. The first-order valence-corrected chi connectivity index (χ1v) is 5.74. The number of carbonyl (C=O) groups excluding carboxylic acids is 1. The van der Waals surface area contributed by atoms with Gasteiger partial charge in [0.15, 0.2) is 0 Å². The number of aliphatic carboxylic acids is 1. The summed E-state index contributed by atoms with van der Waals surface area (Å²) in [6.45, 7) is 0. The van der Waals surface area contributed by atoms with Crippen molar-refractivity contribution in [1.29, 1.82) is 0 Å². The first kappa shape index (κ1) is 16.2. The molecule has 0 fully saturated rings. The van der Waals surface area contributed by atoms with Crippen LogP contribution < -0.4 is 27.8 Å². The number of carboxylic acid groups (broad SMARTS) is 1. The van der Waals surface area contributed by atoms with Crippen molar-refractivity contribution >= 4 is 22.6 Å². The van der Waals surface area contributed by atoms with Crippen molar-refractivity contribution in [2.24, 2.45) is 11.5 Å². The van der Waals surface area contributed by atoms with E-state index in [9.17, 15) is 24.0 Å². The second-order valence-electron chi connectivity index (χ2n) is 4.15. The maximum absolute atomic E-state index is 11.0. The fraction of sp³-hybridized carbons (Fsp3) is 0.154. The summed E-state index contributed by atoms with van der Waals surface area (Å²) < 4.78 is 0. The van der Waals surface area contributed by atoms with E-state index in [1.165, 1.54) is 12.1 Å². The minimum absolute atomic E-state index is 0.229. The predicted molar refractivity (Wildman–Crippen MR) is 74.6 cm³/mol. The third kappa shape index (κ3) is 3.80.